The molecule has 23 heavy (non-hydrogen) atoms. The maximum absolute atomic E-state index is 11.1. The molecule has 0 aromatic heterocycles. The van der Waals surface area contributed by atoms with Gasteiger partial charge in [-0.3, -0.25) is 0 Å². The number of carboxylic acids is 1. The Labute approximate surface area is 135 Å². The minimum absolute atomic E-state index is 0.150. The molecule has 0 aliphatic carbocycles. The highest BCUT2D eigenvalue weighted by atomic mass is 16.5. The molecule has 2 aromatic carbocycles. The van der Waals surface area contributed by atoms with E-state index in [2.05, 4.69) is 0 Å². The van der Waals surface area contributed by atoms with Crippen molar-refractivity contribution in [1.29, 1.82) is 0 Å². The molecule has 0 amide bonds. The Morgan fingerprint density at radius 1 is 1.13 bits per heavy atom. The lowest BCUT2D eigenvalue weighted by molar-refractivity contribution is 0.0693. The Balaban J connectivity index is 2.17. The van der Waals surface area contributed by atoms with Crippen molar-refractivity contribution in [2.75, 3.05) is 13.7 Å². The highest BCUT2D eigenvalue weighted by Gasteiger charge is 2.13. The Bertz CT molecular complexity index is 639. The molecule has 0 saturated carbocycles. The maximum atomic E-state index is 11.1. The Morgan fingerprint density at radius 2 is 1.87 bits per heavy atom. The first-order chi connectivity index (χ1) is 11.1. The largest absolute Gasteiger partial charge is 0.485 e. The molecular weight excluding hydrogens is 296 g/mol. The minimum Gasteiger partial charge on any atom is -0.485 e. The first kappa shape index (κ1) is 16.8. The molecule has 0 fully saturated rings. The molecule has 1 unspecified atom stereocenters. The van der Waals surface area contributed by atoms with Gasteiger partial charge in [0.15, 0.2) is 11.5 Å². The van der Waals surface area contributed by atoms with Gasteiger partial charge in [0, 0.05) is 7.11 Å². The fourth-order valence-electron chi connectivity index (χ4n) is 2.07. The van der Waals surface area contributed by atoms with E-state index in [-0.39, 0.29) is 11.7 Å². The summed E-state index contributed by atoms with van der Waals surface area (Å²) in [5, 5.41) is 9.12. The summed E-state index contributed by atoms with van der Waals surface area (Å²) in [7, 11) is 1.58. The zero-order valence-electron chi connectivity index (χ0n) is 13.2. The van der Waals surface area contributed by atoms with Crippen molar-refractivity contribution >= 4 is 5.97 Å². The van der Waals surface area contributed by atoms with Crippen LogP contribution in [0, 0.1) is 0 Å². The number of rotatable bonds is 8. The van der Waals surface area contributed by atoms with Gasteiger partial charge in [0.2, 0.25) is 0 Å². The lowest BCUT2D eigenvalue weighted by Gasteiger charge is -2.17. The van der Waals surface area contributed by atoms with Crippen molar-refractivity contribution in [2.24, 2.45) is 0 Å². The van der Waals surface area contributed by atoms with E-state index in [1.807, 2.05) is 37.3 Å². The predicted molar refractivity (Wildman–Crippen MR) is 86.1 cm³/mol. The van der Waals surface area contributed by atoms with Gasteiger partial charge in [-0.25, -0.2) is 4.79 Å². The van der Waals surface area contributed by atoms with Crippen molar-refractivity contribution < 1.29 is 24.1 Å². The second kappa shape index (κ2) is 8.19. The number of aromatic carboxylic acids is 1. The van der Waals surface area contributed by atoms with Crippen LogP contribution in [-0.2, 0) is 11.3 Å². The summed E-state index contributed by atoms with van der Waals surface area (Å²) in [5.74, 6) is -0.115. The van der Waals surface area contributed by atoms with E-state index in [0.29, 0.717) is 24.7 Å². The van der Waals surface area contributed by atoms with Crippen LogP contribution in [0.5, 0.6) is 11.5 Å². The molecule has 0 radical (unpaired) electrons. The van der Waals surface area contributed by atoms with Crippen molar-refractivity contribution in [2.45, 2.75) is 19.6 Å². The molecule has 0 heterocycles. The summed E-state index contributed by atoms with van der Waals surface area (Å²) in [4.78, 5) is 11.1. The summed E-state index contributed by atoms with van der Waals surface area (Å²) in [5.41, 5.74) is 1.17. The molecule has 0 spiro atoms. The van der Waals surface area contributed by atoms with Gasteiger partial charge in [-0.15, -0.1) is 0 Å². The fraction of sp³-hybridized carbons (Fsp3) is 0.278. The van der Waals surface area contributed by atoms with E-state index in [1.54, 1.807) is 13.2 Å². The van der Waals surface area contributed by atoms with Crippen molar-refractivity contribution in [3.8, 4) is 11.5 Å². The first-order valence-corrected chi connectivity index (χ1v) is 7.30. The minimum atomic E-state index is -1.01. The molecule has 0 saturated heterocycles. The van der Waals surface area contributed by atoms with Crippen LogP contribution in [0.25, 0.3) is 0 Å². The molecule has 2 rings (SSSR count). The number of benzene rings is 2. The van der Waals surface area contributed by atoms with Crippen LogP contribution in [0.3, 0.4) is 0 Å². The molecule has 0 aliphatic rings. The molecule has 122 valence electrons. The molecule has 0 bridgehead atoms. The number of carbonyl (C=O) groups is 1. The van der Waals surface area contributed by atoms with Gasteiger partial charge in [0.25, 0.3) is 0 Å². The number of ether oxygens (including phenoxy) is 3. The number of hydrogen-bond donors (Lipinski definition) is 1. The maximum Gasteiger partial charge on any atom is 0.335 e. The zero-order valence-corrected chi connectivity index (χ0v) is 13.2. The Kier molecular flexibility index (Phi) is 6.00. The third-order valence-electron chi connectivity index (χ3n) is 3.16. The van der Waals surface area contributed by atoms with E-state index in [4.69, 9.17) is 19.3 Å². The molecule has 1 atom stereocenters. The van der Waals surface area contributed by atoms with Crippen LogP contribution in [0.2, 0.25) is 0 Å². The second-order valence-electron chi connectivity index (χ2n) is 5.12. The van der Waals surface area contributed by atoms with Crippen molar-refractivity contribution in [3.63, 3.8) is 0 Å². The van der Waals surface area contributed by atoms with E-state index >= 15 is 0 Å². The summed E-state index contributed by atoms with van der Waals surface area (Å²) in [6.45, 7) is 2.62. The van der Waals surface area contributed by atoms with E-state index in [9.17, 15) is 4.79 Å². The lowest BCUT2D eigenvalue weighted by Crippen LogP contribution is -2.18. The number of methoxy groups -OCH3 is 1. The van der Waals surface area contributed by atoms with E-state index in [0.717, 1.165) is 5.56 Å². The molecule has 0 aliphatic heterocycles. The van der Waals surface area contributed by atoms with Crippen LogP contribution in [0.15, 0.2) is 48.5 Å². The van der Waals surface area contributed by atoms with E-state index < -0.39 is 5.97 Å². The number of carboxylic acid groups (broad SMARTS) is 1. The second-order valence-corrected chi connectivity index (χ2v) is 5.12. The molecule has 1 N–H and O–H groups in total. The van der Waals surface area contributed by atoms with Gasteiger partial charge in [0.05, 0.1) is 12.2 Å². The van der Waals surface area contributed by atoms with Crippen LogP contribution in [-0.4, -0.2) is 30.9 Å². The topological polar surface area (TPSA) is 65.0 Å². The van der Waals surface area contributed by atoms with E-state index in [1.165, 1.54) is 12.1 Å². The first-order valence-electron chi connectivity index (χ1n) is 7.30. The number of hydrogen-bond acceptors (Lipinski definition) is 4. The SMILES string of the molecule is COCC(C)Oc1cc(C(=O)O)ccc1OCc1ccccc1. The molecule has 5 nitrogen and oxygen atoms in total. The summed E-state index contributed by atoms with van der Waals surface area (Å²) in [6, 6.07) is 14.3. The average molecular weight is 316 g/mol. The van der Waals surface area contributed by atoms with Gasteiger partial charge >= 0.3 is 5.97 Å². The fourth-order valence-corrected chi connectivity index (χ4v) is 2.07. The third kappa shape index (κ3) is 5.00. The van der Waals surface area contributed by atoms with Crippen LogP contribution in [0.1, 0.15) is 22.8 Å². The molecular formula is C18H20O5. The van der Waals surface area contributed by atoms with Crippen LogP contribution >= 0.6 is 0 Å². The Morgan fingerprint density at radius 3 is 2.52 bits per heavy atom. The standard InChI is InChI=1S/C18H20O5/c1-13(11-21-2)23-17-10-15(18(19)20)8-9-16(17)22-12-14-6-4-3-5-7-14/h3-10,13H,11-12H2,1-2H3,(H,19,20). The lowest BCUT2D eigenvalue weighted by atomic mass is 10.2. The van der Waals surface area contributed by atoms with Gasteiger partial charge in [-0.2, -0.15) is 0 Å². The van der Waals surface area contributed by atoms with Gasteiger partial charge in [-0.05, 0) is 30.7 Å². The quantitative estimate of drug-likeness (QED) is 0.809. The molecule has 2 aromatic rings. The molecule has 5 heteroatoms. The van der Waals surface area contributed by atoms with Gasteiger partial charge in [0.1, 0.15) is 12.7 Å². The van der Waals surface area contributed by atoms with Crippen molar-refractivity contribution in [1.82, 2.24) is 0 Å². The third-order valence-corrected chi connectivity index (χ3v) is 3.16. The Hall–Kier alpha value is -2.53. The average Bonchev–Trinajstić information content (AvgIpc) is 2.54. The van der Waals surface area contributed by atoms with Crippen molar-refractivity contribution in [3.05, 3.63) is 59.7 Å². The smallest absolute Gasteiger partial charge is 0.335 e. The van der Waals surface area contributed by atoms with Crippen LogP contribution < -0.4 is 9.47 Å². The summed E-state index contributed by atoms with van der Waals surface area (Å²) >= 11 is 0. The highest BCUT2D eigenvalue weighted by Crippen LogP contribution is 2.30. The summed E-state index contributed by atoms with van der Waals surface area (Å²) < 4.78 is 16.6. The zero-order chi connectivity index (χ0) is 16.7. The monoisotopic (exact) mass is 316 g/mol. The highest BCUT2D eigenvalue weighted by molar-refractivity contribution is 5.88. The van der Waals surface area contributed by atoms with Gasteiger partial charge < -0.3 is 19.3 Å². The predicted octanol–water partition coefficient (Wildman–Crippen LogP) is 3.38. The van der Waals surface area contributed by atoms with Crippen LogP contribution in [0.4, 0.5) is 0 Å². The normalized spacial score (nSPS) is 11.7. The summed E-state index contributed by atoms with van der Waals surface area (Å²) in [6.07, 6.45) is -0.219. The van der Waals surface area contributed by atoms with Gasteiger partial charge in [-0.1, -0.05) is 30.3 Å².